The Morgan fingerprint density at radius 1 is 0.853 bits per heavy atom. The van der Waals surface area contributed by atoms with Crippen LogP contribution < -0.4 is 33.4 Å². The summed E-state index contributed by atoms with van der Waals surface area (Å²) in [6, 6.07) is 21.7. The normalized spacial score (nSPS) is 14.9. The first-order chi connectivity index (χ1) is 16.3. The number of aryl methyl sites for hydroxylation is 1. The van der Waals surface area contributed by atoms with Gasteiger partial charge in [-0.2, -0.15) is 4.57 Å². The van der Waals surface area contributed by atoms with Crippen molar-refractivity contribution in [1.29, 1.82) is 0 Å². The van der Waals surface area contributed by atoms with E-state index in [0.717, 1.165) is 13.1 Å². The molecule has 34 heavy (non-hydrogen) atoms. The van der Waals surface area contributed by atoms with E-state index in [1.165, 1.54) is 41.6 Å². The van der Waals surface area contributed by atoms with Gasteiger partial charge in [-0.1, -0.05) is 95.9 Å². The molecule has 4 aromatic rings. The molecule has 3 aromatic carbocycles. The second-order valence-corrected chi connectivity index (χ2v) is 9.86. The molecule has 0 spiro atoms. The molecule has 2 heterocycles. The molecule has 5 heteroatoms. The molecular formula is C29H27IN2S2. The lowest BCUT2D eigenvalue weighted by atomic mass is 10.1. The Labute approximate surface area is 227 Å². The van der Waals surface area contributed by atoms with E-state index in [4.69, 9.17) is 0 Å². The second kappa shape index (κ2) is 11.4. The van der Waals surface area contributed by atoms with Crippen LogP contribution in [0.2, 0.25) is 0 Å². The zero-order chi connectivity index (χ0) is 22.6. The quantitative estimate of drug-likeness (QED) is 0.177. The Morgan fingerprint density at radius 3 is 2.47 bits per heavy atom. The minimum absolute atomic E-state index is 0. The molecule has 172 valence electrons. The third-order valence-electron chi connectivity index (χ3n) is 5.81. The van der Waals surface area contributed by atoms with Crippen LogP contribution >= 0.6 is 23.1 Å². The van der Waals surface area contributed by atoms with Crippen molar-refractivity contribution in [2.24, 2.45) is 0 Å². The Hall–Kier alpha value is -2.35. The zero-order valence-electron chi connectivity index (χ0n) is 19.3. The fourth-order valence-electron chi connectivity index (χ4n) is 4.25. The van der Waals surface area contributed by atoms with E-state index in [0.29, 0.717) is 0 Å². The van der Waals surface area contributed by atoms with E-state index in [-0.39, 0.29) is 24.0 Å². The molecule has 0 radical (unpaired) electrons. The zero-order valence-corrected chi connectivity index (χ0v) is 23.1. The van der Waals surface area contributed by atoms with Crippen molar-refractivity contribution in [2.45, 2.75) is 25.3 Å². The molecule has 0 saturated carbocycles. The molecular weight excluding hydrogens is 567 g/mol. The van der Waals surface area contributed by atoms with Crippen molar-refractivity contribution in [3.05, 3.63) is 107 Å². The van der Waals surface area contributed by atoms with Gasteiger partial charge in [0.15, 0.2) is 0 Å². The van der Waals surface area contributed by atoms with Crippen molar-refractivity contribution in [1.82, 2.24) is 0 Å². The number of thiazole rings is 1. The number of hydrogen-bond acceptors (Lipinski definition) is 3. The molecule has 0 aliphatic carbocycles. The summed E-state index contributed by atoms with van der Waals surface area (Å²) in [5.74, 6) is 0. The molecule has 0 bridgehead atoms. The van der Waals surface area contributed by atoms with Gasteiger partial charge in [-0.25, -0.2) is 0 Å². The molecule has 0 N–H and O–H groups in total. The lowest BCUT2D eigenvalue weighted by molar-refractivity contribution is -0.665. The summed E-state index contributed by atoms with van der Waals surface area (Å²) in [6.45, 7) is 6.35. The SMILES string of the molecule is CCN1C(=CC=CC=CC=Cc2sc3ccccc3[n+]2CC)Sc2c1ccc1ccccc21.[I-]. The molecule has 0 saturated heterocycles. The smallest absolute Gasteiger partial charge is 0.262 e. The van der Waals surface area contributed by atoms with Gasteiger partial charge in [0.1, 0.15) is 11.2 Å². The van der Waals surface area contributed by atoms with E-state index >= 15 is 0 Å². The number of rotatable bonds is 6. The number of anilines is 1. The number of nitrogens with zero attached hydrogens (tertiary/aromatic N) is 2. The standard InChI is InChI=1S/C29H27N2S2.HI/c1-3-30-24-16-12-13-17-26(24)32-27(30)18-8-6-5-7-9-19-28-31(4-2)25-21-20-22-14-10-11-15-23(22)29(25)33-28;/h5-21H,3-4H2,1-2H3;1H/q+1;/p-1. The maximum atomic E-state index is 2.39. The van der Waals surface area contributed by atoms with E-state index in [9.17, 15) is 0 Å². The van der Waals surface area contributed by atoms with E-state index in [2.05, 4.69) is 127 Å². The summed E-state index contributed by atoms with van der Waals surface area (Å²) in [4.78, 5) is 3.76. The Bertz CT molecular complexity index is 1430. The summed E-state index contributed by atoms with van der Waals surface area (Å²) < 4.78 is 3.70. The van der Waals surface area contributed by atoms with Crippen LogP contribution in [0.5, 0.6) is 0 Å². The van der Waals surface area contributed by atoms with Crippen LogP contribution in [0.1, 0.15) is 18.9 Å². The molecule has 0 amide bonds. The third-order valence-corrected chi connectivity index (χ3v) is 8.14. The van der Waals surface area contributed by atoms with Crippen LogP contribution in [-0.4, -0.2) is 6.54 Å². The highest BCUT2D eigenvalue weighted by molar-refractivity contribution is 8.04. The van der Waals surface area contributed by atoms with Gasteiger partial charge >= 0.3 is 0 Å². The maximum Gasteiger partial charge on any atom is 0.262 e. The van der Waals surface area contributed by atoms with Gasteiger partial charge in [0.2, 0.25) is 5.52 Å². The monoisotopic (exact) mass is 594 g/mol. The number of halogens is 1. The third kappa shape index (κ3) is 4.88. The molecule has 0 unspecified atom stereocenters. The Balaban J connectivity index is 0.00000274. The van der Waals surface area contributed by atoms with Crippen molar-refractivity contribution in [2.75, 3.05) is 11.4 Å². The maximum absolute atomic E-state index is 2.39. The van der Waals surface area contributed by atoms with Gasteiger partial charge in [0.25, 0.3) is 5.01 Å². The predicted octanol–water partition coefficient (Wildman–Crippen LogP) is 4.97. The van der Waals surface area contributed by atoms with Crippen molar-refractivity contribution >= 4 is 55.9 Å². The number of allylic oxidation sites excluding steroid dienone is 6. The number of para-hydroxylation sites is 1. The first-order valence-electron chi connectivity index (χ1n) is 11.4. The summed E-state index contributed by atoms with van der Waals surface area (Å²) >= 11 is 3.70. The number of benzene rings is 3. The average Bonchev–Trinajstić information content (AvgIpc) is 3.40. The van der Waals surface area contributed by atoms with Gasteiger partial charge in [-0.3, -0.25) is 0 Å². The van der Waals surface area contributed by atoms with Gasteiger partial charge in [-0.05, 0) is 42.8 Å². The van der Waals surface area contributed by atoms with Crippen molar-refractivity contribution < 1.29 is 28.5 Å². The Kier molecular flexibility index (Phi) is 8.29. The summed E-state index contributed by atoms with van der Waals surface area (Å²) in [5.41, 5.74) is 2.62. The topological polar surface area (TPSA) is 7.12 Å². The Morgan fingerprint density at radius 2 is 1.62 bits per heavy atom. The first kappa shape index (κ1) is 24.8. The number of aromatic nitrogens is 1. The predicted molar refractivity (Wildman–Crippen MR) is 146 cm³/mol. The lowest BCUT2D eigenvalue weighted by Gasteiger charge is -2.17. The van der Waals surface area contributed by atoms with Crippen LogP contribution in [0.4, 0.5) is 5.69 Å². The van der Waals surface area contributed by atoms with Crippen LogP contribution in [0, 0.1) is 0 Å². The molecule has 1 aliphatic heterocycles. The molecule has 2 nitrogen and oxygen atoms in total. The van der Waals surface area contributed by atoms with Gasteiger partial charge in [0, 0.05) is 23.6 Å². The second-order valence-electron chi connectivity index (χ2n) is 7.77. The van der Waals surface area contributed by atoms with Crippen LogP contribution in [0.15, 0.2) is 107 Å². The molecule has 5 rings (SSSR count). The van der Waals surface area contributed by atoms with E-state index < -0.39 is 0 Å². The fourth-order valence-corrected chi connectivity index (χ4v) is 6.66. The highest BCUT2D eigenvalue weighted by atomic mass is 127. The number of hydrogen-bond donors (Lipinski definition) is 0. The average molecular weight is 595 g/mol. The minimum atomic E-state index is 0. The molecule has 0 fully saturated rings. The molecule has 0 atom stereocenters. The highest BCUT2D eigenvalue weighted by Crippen LogP contribution is 2.49. The van der Waals surface area contributed by atoms with Crippen molar-refractivity contribution in [3.63, 3.8) is 0 Å². The van der Waals surface area contributed by atoms with Gasteiger partial charge < -0.3 is 28.9 Å². The van der Waals surface area contributed by atoms with Crippen molar-refractivity contribution in [3.8, 4) is 0 Å². The number of thioether (sulfide) groups is 1. The lowest BCUT2D eigenvalue weighted by Crippen LogP contribution is -3.00. The molecule has 1 aliphatic rings. The summed E-state index contributed by atoms with van der Waals surface area (Å²) in [7, 11) is 0. The highest BCUT2D eigenvalue weighted by Gasteiger charge is 2.25. The van der Waals surface area contributed by atoms with Crippen LogP contribution in [0.25, 0.3) is 27.1 Å². The molecule has 1 aromatic heterocycles. The number of fused-ring (bicyclic) bond motifs is 4. The first-order valence-corrected chi connectivity index (χ1v) is 13.0. The van der Waals surface area contributed by atoms with Crippen LogP contribution in [0.3, 0.4) is 0 Å². The van der Waals surface area contributed by atoms with E-state index in [1.54, 1.807) is 0 Å². The fraction of sp³-hybridized carbons (Fsp3) is 0.138. The van der Waals surface area contributed by atoms with Gasteiger partial charge in [-0.15, -0.1) is 0 Å². The summed E-state index contributed by atoms with van der Waals surface area (Å²) in [5, 5.41) is 5.19. The van der Waals surface area contributed by atoms with Gasteiger partial charge in [0.05, 0.1) is 10.7 Å². The van der Waals surface area contributed by atoms with Crippen LogP contribution in [-0.2, 0) is 6.54 Å². The van der Waals surface area contributed by atoms with E-state index in [1.807, 2.05) is 23.1 Å². The summed E-state index contributed by atoms with van der Waals surface area (Å²) in [6.07, 6.45) is 15.0. The largest absolute Gasteiger partial charge is 1.00 e. The minimum Gasteiger partial charge on any atom is -1.00 e.